The topological polar surface area (TPSA) is 75.7 Å². The monoisotopic (exact) mass is 304 g/mol. The van der Waals surface area contributed by atoms with Gasteiger partial charge in [-0.25, -0.2) is 13.1 Å². The van der Waals surface area contributed by atoms with E-state index in [0.29, 0.717) is 13.0 Å². The zero-order chi connectivity index (χ0) is 14.6. The molecule has 0 radical (unpaired) electrons. The molecule has 1 aliphatic heterocycles. The summed E-state index contributed by atoms with van der Waals surface area (Å²) in [6.07, 6.45) is 5.40. The van der Waals surface area contributed by atoms with Crippen LogP contribution < -0.4 is 4.72 Å². The molecule has 2 fully saturated rings. The molecule has 0 bridgehead atoms. The Morgan fingerprint density at radius 3 is 2.60 bits per heavy atom. The van der Waals surface area contributed by atoms with Crippen molar-refractivity contribution in [3.63, 3.8) is 0 Å². The number of hydrogen-bond acceptors (Lipinski definition) is 4. The van der Waals surface area contributed by atoms with Gasteiger partial charge in [0.1, 0.15) is 6.61 Å². The van der Waals surface area contributed by atoms with Crippen LogP contribution in [-0.2, 0) is 19.6 Å². The SMILES string of the molecule is COCC(=O)N1CCC[C@H](S(=O)(=O)NC2CCCC2)C1. The van der Waals surface area contributed by atoms with E-state index < -0.39 is 15.3 Å². The third-order valence-corrected chi connectivity index (χ3v) is 6.05. The third kappa shape index (κ3) is 3.93. The van der Waals surface area contributed by atoms with Crippen LogP contribution in [0.4, 0.5) is 0 Å². The van der Waals surface area contributed by atoms with Crippen molar-refractivity contribution in [3.05, 3.63) is 0 Å². The highest BCUT2D eigenvalue weighted by Crippen LogP contribution is 2.22. The minimum atomic E-state index is -3.33. The van der Waals surface area contributed by atoms with Crippen LogP contribution in [0.5, 0.6) is 0 Å². The fourth-order valence-electron chi connectivity index (χ4n) is 3.00. The fraction of sp³-hybridized carbons (Fsp3) is 0.923. The van der Waals surface area contributed by atoms with Crippen molar-refractivity contribution in [1.29, 1.82) is 0 Å². The van der Waals surface area contributed by atoms with Crippen LogP contribution in [0, 0.1) is 0 Å². The maximum absolute atomic E-state index is 12.4. The molecule has 0 unspecified atom stereocenters. The summed E-state index contributed by atoms with van der Waals surface area (Å²) in [6.45, 7) is 0.921. The Morgan fingerprint density at radius 1 is 1.25 bits per heavy atom. The van der Waals surface area contributed by atoms with Crippen molar-refractivity contribution in [3.8, 4) is 0 Å². The van der Waals surface area contributed by atoms with Crippen LogP contribution in [0.3, 0.4) is 0 Å². The van der Waals surface area contributed by atoms with Gasteiger partial charge in [0.25, 0.3) is 0 Å². The summed E-state index contributed by atoms with van der Waals surface area (Å²) in [5.41, 5.74) is 0. The normalized spacial score (nSPS) is 25.1. The second kappa shape index (κ2) is 6.87. The van der Waals surface area contributed by atoms with E-state index >= 15 is 0 Å². The molecule has 6 nitrogen and oxygen atoms in total. The maximum atomic E-state index is 12.4. The van der Waals surface area contributed by atoms with Gasteiger partial charge in [-0.1, -0.05) is 12.8 Å². The highest BCUT2D eigenvalue weighted by Gasteiger charge is 2.34. The largest absolute Gasteiger partial charge is 0.375 e. The Bertz CT molecular complexity index is 432. The van der Waals surface area contributed by atoms with Crippen LogP contribution in [0.1, 0.15) is 38.5 Å². The Kier molecular flexibility index (Phi) is 5.40. The van der Waals surface area contributed by atoms with E-state index in [1.165, 1.54) is 7.11 Å². The van der Waals surface area contributed by atoms with E-state index in [4.69, 9.17) is 4.74 Å². The van der Waals surface area contributed by atoms with Gasteiger partial charge >= 0.3 is 0 Å². The molecule has 1 saturated carbocycles. The average molecular weight is 304 g/mol. The van der Waals surface area contributed by atoms with Gasteiger partial charge in [-0.05, 0) is 25.7 Å². The van der Waals surface area contributed by atoms with E-state index in [-0.39, 0.29) is 25.1 Å². The number of piperidine rings is 1. The van der Waals surface area contributed by atoms with Gasteiger partial charge in [-0.15, -0.1) is 0 Å². The number of ether oxygens (including phenoxy) is 1. The summed E-state index contributed by atoms with van der Waals surface area (Å²) in [6, 6.07) is 0.0880. The third-order valence-electron chi connectivity index (χ3n) is 4.12. The van der Waals surface area contributed by atoms with Crippen LogP contribution in [0.2, 0.25) is 0 Å². The molecule has 7 heteroatoms. The van der Waals surface area contributed by atoms with E-state index in [1.807, 2.05) is 0 Å². The Hall–Kier alpha value is -0.660. The Morgan fingerprint density at radius 2 is 1.95 bits per heavy atom. The van der Waals surface area contributed by atoms with Crippen molar-refractivity contribution in [2.24, 2.45) is 0 Å². The molecule has 1 saturated heterocycles. The highest BCUT2D eigenvalue weighted by atomic mass is 32.2. The van der Waals surface area contributed by atoms with E-state index in [1.54, 1.807) is 4.90 Å². The highest BCUT2D eigenvalue weighted by molar-refractivity contribution is 7.90. The van der Waals surface area contributed by atoms with E-state index in [9.17, 15) is 13.2 Å². The zero-order valence-corrected chi connectivity index (χ0v) is 12.8. The molecule has 0 aromatic carbocycles. The first-order valence-corrected chi connectivity index (χ1v) is 8.85. The van der Waals surface area contributed by atoms with Gasteiger partial charge < -0.3 is 9.64 Å². The molecule has 1 heterocycles. The van der Waals surface area contributed by atoms with Crippen molar-refractivity contribution in [2.75, 3.05) is 26.8 Å². The fourth-order valence-corrected chi connectivity index (χ4v) is 4.75. The van der Waals surface area contributed by atoms with E-state index in [2.05, 4.69) is 4.72 Å². The average Bonchev–Trinajstić information content (AvgIpc) is 2.91. The van der Waals surface area contributed by atoms with Gasteiger partial charge in [0.05, 0.1) is 5.25 Å². The van der Waals surface area contributed by atoms with Crippen molar-refractivity contribution in [1.82, 2.24) is 9.62 Å². The summed E-state index contributed by atoms with van der Waals surface area (Å²) >= 11 is 0. The molecular formula is C13H24N2O4S. The van der Waals surface area contributed by atoms with E-state index in [0.717, 1.165) is 32.1 Å². The van der Waals surface area contributed by atoms with Gasteiger partial charge in [-0.3, -0.25) is 4.79 Å². The number of carbonyl (C=O) groups excluding carboxylic acids is 1. The molecule has 0 aromatic heterocycles. The molecule has 116 valence electrons. The number of hydrogen-bond donors (Lipinski definition) is 1. The summed E-state index contributed by atoms with van der Waals surface area (Å²) < 4.78 is 32.4. The predicted octanol–water partition coefficient (Wildman–Crippen LogP) is 0.486. The van der Waals surface area contributed by atoms with Gasteiger partial charge in [-0.2, -0.15) is 0 Å². The number of likely N-dealkylation sites (tertiary alicyclic amines) is 1. The molecule has 1 atom stereocenters. The molecule has 20 heavy (non-hydrogen) atoms. The predicted molar refractivity (Wildman–Crippen MR) is 75.8 cm³/mol. The molecule has 1 aliphatic carbocycles. The number of carbonyl (C=O) groups is 1. The number of methoxy groups -OCH3 is 1. The van der Waals surface area contributed by atoms with Crippen molar-refractivity contribution in [2.45, 2.75) is 49.8 Å². The lowest BCUT2D eigenvalue weighted by molar-refractivity contribution is -0.135. The minimum Gasteiger partial charge on any atom is -0.375 e. The van der Waals surface area contributed by atoms with Crippen molar-refractivity contribution >= 4 is 15.9 Å². The first-order valence-electron chi connectivity index (χ1n) is 7.31. The van der Waals surface area contributed by atoms with Crippen LogP contribution in [0.25, 0.3) is 0 Å². The smallest absolute Gasteiger partial charge is 0.248 e. The molecule has 1 N–H and O–H groups in total. The summed E-state index contributed by atoms with van der Waals surface area (Å²) in [7, 11) is -1.86. The number of rotatable bonds is 5. The first kappa shape index (κ1) is 15.7. The van der Waals surface area contributed by atoms with Gasteiger partial charge in [0.2, 0.25) is 15.9 Å². The number of amides is 1. The number of sulfonamides is 1. The summed E-state index contributed by atoms with van der Waals surface area (Å²) in [4.78, 5) is 13.4. The van der Waals surface area contributed by atoms with Gasteiger partial charge in [0.15, 0.2) is 0 Å². The second-order valence-corrected chi connectivity index (χ2v) is 7.67. The maximum Gasteiger partial charge on any atom is 0.248 e. The lowest BCUT2D eigenvalue weighted by atomic mass is 10.1. The van der Waals surface area contributed by atoms with Crippen LogP contribution in [0.15, 0.2) is 0 Å². The lowest BCUT2D eigenvalue weighted by Gasteiger charge is -2.33. The van der Waals surface area contributed by atoms with Crippen LogP contribution in [-0.4, -0.2) is 57.3 Å². The Balaban J connectivity index is 1.94. The molecule has 0 aromatic rings. The van der Waals surface area contributed by atoms with Gasteiger partial charge in [0, 0.05) is 26.2 Å². The minimum absolute atomic E-state index is 0.0167. The molecule has 2 aliphatic rings. The Labute approximate surface area is 120 Å². The lowest BCUT2D eigenvalue weighted by Crippen LogP contribution is -2.50. The summed E-state index contributed by atoms with van der Waals surface area (Å²) in [5, 5.41) is -0.488. The standard InChI is InChI=1S/C13H24N2O4S/c1-19-10-13(16)15-8-4-7-12(9-15)20(17,18)14-11-5-2-3-6-11/h11-12,14H,2-10H2,1H3/t12-/m0/s1. The molecule has 1 amide bonds. The number of nitrogens with zero attached hydrogens (tertiary/aromatic N) is 1. The molecule has 2 rings (SSSR count). The zero-order valence-electron chi connectivity index (χ0n) is 12.0. The first-order chi connectivity index (χ1) is 9.53. The second-order valence-electron chi connectivity index (χ2n) is 5.68. The molecular weight excluding hydrogens is 280 g/mol. The summed E-state index contributed by atoms with van der Waals surface area (Å²) in [5.74, 6) is -0.131. The van der Waals surface area contributed by atoms with Crippen molar-refractivity contribution < 1.29 is 17.9 Å². The van der Waals surface area contributed by atoms with Crippen LogP contribution >= 0.6 is 0 Å². The molecule has 0 spiro atoms. The quantitative estimate of drug-likeness (QED) is 0.802. The number of nitrogens with one attached hydrogen (secondary N) is 1.